The molecule has 3 aromatic rings. The number of methoxy groups -OCH3 is 1. The van der Waals surface area contributed by atoms with E-state index >= 15 is 0 Å². The van der Waals surface area contributed by atoms with Crippen molar-refractivity contribution in [1.29, 1.82) is 0 Å². The van der Waals surface area contributed by atoms with Crippen LogP contribution in [0.15, 0.2) is 42.5 Å². The van der Waals surface area contributed by atoms with E-state index in [1.807, 2.05) is 49.4 Å². The van der Waals surface area contributed by atoms with Crippen molar-refractivity contribution in [2.24, 2.45) is 0 Å². The lowest BCUT2D eigenvalue weighted by Gasteiger charge is -2.10. The van der Waals surface area contributed by atoms with Crippen molar-refractivity contribution >= 4 is 11.6 Å². The van der Waals surface area contributed by atoms with Crippen molar-refractivity contribution in [3.05, 3.63) is 53.6 Å². The third-order valence-corrected chi connectivity index (χ3v) is 3.99. The molecule has 134 valence electrons. The molecule has 0 saturated heterocycles. The number of anilines is 1. The molecule has 1 heterocycles. The number of nitrogens with zero attached hydrogens (tertiary/aromatic N) is 4. The van der Waals surface area contributed by atoms with Crippen molar-refractivity contribution in [3.8, 4) is 17.1 Å². The Bertz CT molecular complexity index is 903. The third kappa shape index (κ3) is 4.05. The van der Waals surface area contributed by atoms with Crippen LogP contribution in [-0.4, -0.2) is 33.2 Å². The number of hydrogen-bond donors (Lipinski definition) is 1. The van der Waals surface area contributed by atoms with E-state index in [0.29, 0.717) is 17.3 Å². The molecule has 0 atom stereocenters. The van der Waals surface area contributed by atoms with Gasteiger partial charge in [0.2, 0.25) is 11.7 Å². The minimum Gasteiger partial charge on any atom is -0.495 e. The van der Waals surface area contributed by atoms with Crippen LogP contribution in [0.5, 0.6) is 5.75 Å². The highest BCUT2D eigenvalue weighted by Gasteiger charge is 2.12. The standard InChI is InChI=1S/C19H21N5O2/c1-4-14-6-8-15(9-7-14)19-21-23-24(22-19)12-18(25)20-16-11-13(2)5-10-17(16)26-3/h5-11H,4,12H2,1-3H3,(H,20,25). The van der Waals surface area contributed by atoms with Crippen LogP contribution < -0.4 is 10.1 Å². The Morgan fingerprint density at radius 2 is 1.96 bits per heavy atom. The summed E-state index contributed by atoms with van der Waals surface area (Å²) < 4.78 is 5.27. The Hall–Kier alpha value is -3.22. The molecule has 26 heavy (non-hydrogen) atoms. The number of tetrazole rings is 1. The van der Waals surface area contributed by atoms with E-state index in [1.54, 1.807) is 7.11 Å². The normalized spacial score (nSPS) is 10.6. The summed E-state index contributed by atoms with van der Waals surface area (Å²) in [4.78, 5) is 13.6. The average molecular weight is 351 g/mol. The number of amides is 1. The van der Waals surface area contributed by atoms with Crippen molar-refractivity contribution in [2.75, 3.05) is 12.4 Å². The summed E-state index contributed by atoms with van der Waals surface area (Å²) in [5.74, 6) is 0.847. The maximum Gasteiger partial charge on any atom is 0.248 e. The number of rotatable bonds is 6. The zero-order chi connectivity index (χ0) is 18.5. The summed E-state index contributed by atoms with van der Waals surface area (Å²) >= 11 is 0. The minimum absolute atomic E-state index is 0.0306. The molecule has 0 aliphatic rings. The molecule has 0 radical (unpaired) electrons. The molecule has 7 heteroatoms. The summed E-state index contributed by atoms with van der Waals surface area (Å²) in [6, 6.07) is 13.6. The van der Waals surface area contributed by atoms with Gasteiger partial charge in [-0.15, -0.1) is 10.2 Å². The van der Waals surface area contributed by atoms with E-state index in [2.05, 4.69) is 27.7 Å². The average Bonchev–Trinajstić information content (AvgIpc) is 3.10. The van der Waals surface area contributed by atoms with E-state index in [4.69, 9.17) is 4.74 Å². The second-order valence-electron chi connectivity index (χ2n) is 5.95. The Labute approximate surface area is 152 Å². The number of ether oxygens (including phenoxy) is 1. The number of aryl methyl sites for hydroxylation is 2. The molecule has 2 aromatic carbocycles. The van der Waals surface area contributed by atoms with Crippen LogP contribution >= 0.6 is 0 Å². The molecule has 1 aromatic heterocycles. The molecule has 0 fully saturated rings. The highest BCUT2D eigenvalue weighted by atomic mass is 16.5. The molecule has 7 nitrogen and oxygen atoms in total. The van der Waals surface area contributed by atoms with Crippen LogP contribution in [0.1, 0.15) is 18.1 Å². The largest absolute Gasteiger partial charge is 0.495 e. The number of benzene rings is 2. The lowest BCUT2D eigenvalue weighted by atomic mass is 10.1. The van der Waals surface area contributed by atoms with Gasteiger partial charge in [-0.05, 0) is 41.8 Å². The predicted octanol–water partition coefficient (Wildman–Crippen LogP) is 2.86. The molecule has 0 aliphatic carbocycles. The first-order valence-corrected chi connectivity index (χ1v) is 8.40. The van der Waals surface area contributed by atoms with Crippen LogP contribution in [0, 0.1) is 6.92 Å². The summed E-state index contributed by atoms with van der Waals surface area (Å²) in [5, 5.41) is 15.1. The zero-order valence-electron chi connectivity index (χ0n) is 15.1. The molecule has 1 N–H and O–H groups in total. The number of carbonyl (C=O) groups is 1. The van der Waals surface area contributed by atoms with Gasteiger partial charge in [-0.1, -0.05) is 37.3 Å². The molecule has 0 saturated carbocycles. The third-order valence-electron chi connectivity index (χ3n) is 3.99. The van der Waals surface area contributed by atoms with Gasteiger partial charge in [0.1, 0.15) is 12.3 Å². The zero-order valence-corrected chi connectivity index (χ0v) is 15.1. The maximum atomic E-state index is 12.3. The van der Waals surface area contributed by atoms with E-state index in [-0.39, 0.29) is 12.5 Å². The van der Waals surface area contributed by atoms with Crippen molar-refractivity contribution in [2.45, 2.75) is 26.8 Å². The topological polar surface area (TPSA) is 81.9 Å². The highest BCUT2D eigenvalue weighted by molar-refractivity contribution is 5.92. The molecule has 1 amide bonds. The van der Waals surface area contributed by atoms with Gasteiger partial charge in [-0.2, -0.15) is 4.80 Å². The minimum atomic E-state index is -0.251. The van der Waals surface area contributed by atoms with Crippen LogP contribution in [0.25, 0.3) is 11.4 Å². The number of aromatic nitrogens is 4. The smallest absolute Gasteiger partial charge is 0.248 e. The summed E-state index contributed by atoms with van der Waals surface area (Å²) in [5.41, 5.74) is 3.76. The lowest BCUT2D eigenvalue weighted by molar-refractivity contribution is -0.117. The van der Waals surface area contributed by atoms with Gasteiger partial charge in [-0.3, -0.25) is 4.79 Å². The van der Waals surface area contributed by atoms with Crippen LogP contribution in [0.3, 0.4) is 0 Å². The SMILES string of the molecule is CCc1ccc(-c2nnn(CC(=O)Nc3cc(C)ccc3OC)n2)cc1. The van der Waals surface area contributed by atoms with E-state index in [1.165, 1.54) is 10.4 Å². The molecule has 0 spiro atoms. The second-order valence-corrected chi connectivity index (χ2v) is 5.95. The Morgan fingerprint density at radius 1 is 1.19 bits per heavy atom. The van der Waals surface area contributed by atoms with Gasteiger partial charge >= 0.3 is 0 Å². The monoisotopic (exact) mass is 351 g/mol. The molecular weight excluding hydrogens is 330 g/mol. The first kappa shape index (κ1) is 17.6. The Morgan fingerprint density at radius 3 is 2.65 bits per heavy atom. The molecular formula is C19H21N5O2. The van der Waals surface area contributed by atoms with Gasteiger partial charge < -0.3 is 10.1 Å². The Kier molecular flexibility index (Phi) is 5.26. The quantitative estimate of drug-likeness (QED) is 0.738. The first-order chi connectivity index (χ1) is 12.6. The first-order valence-electron chi connectivity index (χ1n) is 8.40. The van der Waals surface area contributed by atoms with Crippen LogP contribution in [0.2, 0.25) is 0 Å². The van der Waals surface area contributed by atoms with E-state index < -0.39 is 0 Å². The maximum absolute atomic E-state index is 12.3. The summed E-state index contributed by atoms with van der Waals surface area (Å²) in [6.07, 6.45) is 0.975. The van der Waals surface area contributed by atoms with Gasteiger partial charge in [0.25, 0.3) is 0 Å². The predicted molar refractivity (Wildman–Crippen MR) is 99.0 cm³/mol. The molecule has 0 bridgehead atoms. The van der Waals surface area contributed by atoms with Gasteiger partial charge in [0.05, 0.1) is 12.8 Å². The van der Waals surface area contributed by atoms with Gasteiger partial charge in [0, 0.05) is 5.56 Å². The fraction of sp³-hybridized carbons (Fsp3) is 0.263. The van der Waals surface area contributed by atoms with E-state index in [0.717, 1.165) is 17.5 Å². The van der Waals surface area contributed by atoms with Gasteiger partial charge in [0.15, 0.2) is 0 Å². The second kappa shape index (κ2) is 7.77. The number of nitrogens with one attached hydrogen (secondary N) is 1. The Balaban J connectivity index is 1.69. The summed E-state index contributed by atoms with van der Waals surface area (Å²) in [7, 11) is 1.56. The summed E-state index contributed by atoms with van der Waals surface area (Å²) in [6.45, 7) is 4.02. The molecule has 0 unspecified atom stereocenters. The van der Waals surface area contributed by atoms with Crippen molar-refractivity contribution < 1.29 is 9.53 Å². The fourth-order valence-electron chi connectivity index (χ4n) is 2.55. The van der Waals surface area contributed by atoms with Gasteiger partial charge in [-0.25, -0.2) is 0 Å². The van der Waals surface area contributed by atoms with Crippen LogP contribution in [-0.2, 0) is 17.8 Å². The van der Waals surface area contributed by atoms with Crippen molar-refractivity contribution in [3.63, 3.8) is 0 Å². The number of carbonyl (C=O) groups excluding carboxylic acids is 1. The molecule has 3 rings (SSSR count). The number of hydrogen-bond acceptors (Lipinski definition) is 5. The van der Waals surface area contributed by atoms with Crippen LogP contribution in [0.4, 0.5) is 5.69 Å². The highest BCUT2D eigenvalue weighted by Crippen LogP contribution is 2.25. The fourth-order valence-corrected chi connectivity index (χ4v) is 2.55. The lowest BCUT2D eigenvalue weighted by Crippen LogP contribution is -2.20. The van der Waals surface area contributed by atoms with E-state index in [9.17, 15) is 4.79 Å². The van der Waals surface area contributed by atoms with Crippen molar-refractivity contribution in [1.82, 2.24) is 20.2 Å². The molecule has 0 aliphatic heterocycles.